The highest BCUT2D eigenvalue weighted by Crippen LogP contribution is 2.51. The van der Waals surface area contributed by atoms with Gasteiger partial charge in [0, 0.05) is 50.3 Å². The molecule has 0 spiro atoms. The van der Waals surface area contributed by atoms with Gasteiger partial charge in [0.15, 0.2) is 0 Å². The Morgan fingerprint density at radius 3 is 1.24 bits per heavy atom. The quantitative estimate of drug-likeness (QED) is 0.151. The molecular weight excluding hydrogens is 823 g/mol. The number of aromatic nitrogens is 1. The van der Waals surface area contributed by atoms with Crippen LogP contribution in [0.2, 0.25) is 0 Å². The van der Waals surface area contributed by atoms with Crippen LogP contribution >= 0.6 is 0 Å². The standard InChI is InChI=1S/C65H59N3/c1-63(2,3)48-27-35-52(36-28-48)66(50-31-23-46(24-32-50)44-17-11-9-12-18-44)54-39-40-60-56(41-54)57-42-55(43-59-62(57)68(60)61-22-16-15-21-58(61)65(59,7)8)67(53-37-29-49(30-38-53)64(4,5)6)51-33-25-47(26-34-51)45-19-13-10-14-20-45/h9-43H,1-8H3. The molecule has 3 nitrogen and oxygen atoms in total. The number of anilines is 6. The van der Waals surface area contributed by atoms with Crippen LogP contribution in [0.5, 0.6) is 0 Å². The van der Waals surface area contributed by atoms with Crippen molar-refractivity contribution in [1.29, 1.82) is 0 Å². The molecule has 0 fully saturated rings. The molecule has 1 aliphatic rings. The summed E-state index contributed by atoms with van der Waals surface area (Å²) in [5.41, 5.74) is 20.3. The second-order valence-electron chi connectivity index (χ2n) is 21.2. The minimum Gasteiger partial charge on any atom is -0.310 e. The largest absolute Gasteiger partial charge is 0.310 e. The van der Waals surface area contributed by atoms with Crippen molar-refractivity contribution < 1.29 is 0 Å². The van der Waals surface area contributed by atoms with E-state index in [4.69, 9.17) is 0 Å². The summed E-state index contributed by atoms with van der Waals surface area (Å²) in [5.74, 6) is 0. The molecule has 11 rings (SSSR count). The first-order chi connectivity index (χ1) is 32.7. The molecule has 0 aliphatic carbocycles. The average molecular weight is 882 g/mol. The smallest absolute Gasteiger partial charge is 0.0583 e. The van der Waals surface area contributed by atoms with E-state index in [0.717, 1.165) is 34.1 Å². The van der Waals surface area contributed by atoms with Gasteiger partial charge in [-0.2, -0.15) is 0 Å². The minimum absolute atomic E-state index is 0.0349. The first-order valence-corrected chi connectivity index (χ1v) is 24.1. The fourth-order valence-electron chi connectivity index (χ4n) is 10.4. The van der Waals surface area contributed by atoms with E-state index in [9.17, 15) is 0 Å². The zero-order chi connectivity index (χ0) is 47.0. The van der Waals surface area contributed by atoms with Gasteiger partial charge in [0.2, 0.25) is 0 Å². The van der Waals surface area contributed by atoms with Crippen molar-refractivity contribution >= 4 is 55.9 Å². The molecule has 0 saturated carbocycles. The highest BCUT2D eigenvalue weighted by Gasteiger charge is 2.36. The van der Waals surface area contributed by atoms with Gasteiger partial charge < -0.3 is 14.4 Å². The summed E-state index contributed by atoms with van der Waals surface area (Å²) >= 11 is 0. The van der Waals surface area contributed by atoms with Gasteiger partial charge in [-0.25, -0.2) is 0 Å². The third kappa shape index (κ3) is 7.47. The Labute approximate surface area is 402 Å². The van der Waals surface area contributed by atoms with Crippen LogP contribution in [-0.2, 0) is 16.2 Å². The van der Waals surface area contributed by atoms with E-state index in [0.29, 0.717) is 0 Å². The van der Waals surface area contributed by atoms with Gasteiger partial charge in [0.25, 0.3) is 0 Å². The maximum Gasteiger partial charge on any atom is 0.0583 e. The van der Waals surface area contributed by atoms with Crippen molar-refractivity contribution in [3.8, 4) is 27.9 Å². The number of para-hydroxylation sites is 1. The lowest BCUT2D eigenvalue weighted by molar-refractivity contribution is 0.590. The number of nitrogens with zero attached hydrogens (tertiary/aromatic N) is 3. The van der Waals surface area contributed by atoms with E-state index in [1.165, 1.54) is 72.0 Å². The Kier molecular flexibility index (Phi) is 10.3. The molecule has 2 heterocycles. The van der Waals surface area contributed by atoms with Crippen LogP contribution in [0.3, 0.4) is 0 Å². The maximum absolute atomic E-state index is 2.53. The summed E-state index contributed by atoms with van der Waals surface area (Å²) in [4.78, 5) is 4.88. The molecule has 0 N–H and O–H groups in total. The van der Waals surface area contributed by atoms with E-state index in [2.05, 4.69) is 282 Å². The van der Waals surface area contributed by atoms with Crippen LogP contribution in [0.25, 0.3) is 49.7 Å². The van der Waals surface area contributed by atoms with Crippen LogP contribution in [0, 0.1) is 0 Å². The third-order valence-corrected chi connectivity index (χ3v) is 14.3. The van der Waals surface area contributed by atoms with Gasteiger partial charge >= 0.3 is 0 Å². The summed E-state index contributed by atoms with van der Waals surface area (Å²) < 4.78 is 2.53. The first kappa shape index (κ1) is 43.0. The summed E-state index contributed by atoms with van der Waals surface area (Å²) in [5, 5.41) is 2.45. The zero-order valence-electron chi connectivity index (χ0n) is 40.5. The summed E-state index contributed by atoms with van der Waals surface area (Å²) in [6, 6.07) is 78.8. The minimum atomic E-state index is -0.279. The third-order valence-electron chi connectivity index (χ3n) is 14.3. The summed E-state index contributed by atoms with van der Waals surface area (Å²) in [7, 11) is 0. The fraction of sp³-hybridized carbons (Fsp3) is 0.169. The molecule has 10 aromatic rings. The Hall–Kier alpha value is -7.62. The van der Waals surface area contributed by atoms with Crippen LogP contribution in [0.4, 0.5) is 34.1 Å². The molecule has 3 heteroatoms. The maximum atomic E-state index is 2.53. The van der Waals surface area contributed by atoms with E-state index in [1.54, 1.807) is 0 Å². The number of rotatable bonds is 8. The predicted molar refractivity (Wildman–Crippen MR) is 291 cm³/mol. The highest BCUT2D eigenvalue weighted by atomic mass is 15.2. The summed E-state index contributed by atoms with van der Waals surface area (Å²) in [6.45, 7) is 18.5. The molecule has 9 aromatic carbocycles. The molecule has 0 unspecified atom stereocenters. The fourth-order valence-corrected chi connectivity index (χ4v) is 10.4. The first-order valence-electron chi connectivity index (χ1n) is 24.1. The second kappa shape index (κ2) is 16.3. The van der Waals surface area contributed by atoms with Crippen molar-refractivity contribution in [1.82, 2.24) is 4.57 Å². The molecular formula is C65H59N3. The van der Waals surface area contributed by atoms with Gasteiger partial charge in [0.1, 0.15) is 0 Å². The van der Waals surface area contributed by atoms with Crippen molar-refractivity contribution in [3.05, 3.63) is 235 Å². The number of fused-ring (bicyclic) bond motifs is 5. The van der Waals surface area contributed by atoms with Crippen molar-refractivity contribution in [2.45, 2.75) is 71.6 Å². The molecule has 1 aliphatic heterocycles. The molecule has 0 atom stereocenters. The molecule has 1 aromatic heterocycles. The lowest BCUT2D eigenvalue weighted by Gasteiger charge is -2.36. The van der Waals surface area contributed by atoms with E-state index in [-0.39, 0.29) is 16.2 Å². The van der Waals surface area contributed by atoms with Crippen LogP contribution in [0.15, 0.2) is 212 Å². The molecule has 68 heavy (non-hydrogen) atoms. The predicted octanol–water partition coefficient (Wildman–Crippen LogP) is 18.3. The summed E-state index contributed by atoms with van der Waals surface area (Å²) in [6.07, 6.45) is 0. The van der Waals surface area contributed by atoms with Crippen molar-refractivity contribution in [2.24, 2.45) is 0 Å². The van der Waals surface area contributed by atoms with Crippen LogP contribution < -0.4 is 9.80 Å². The van der Waals surface area contributed by atoms with Gasteiger partial charge in [-0.15, -0.1) is 0 Å². The lowest BCUT2D eigenvalue weighted by Crippen LogP contribution is -2.26. The van der Waals surface area contributed by atoms with Crippen LogP contribution in [0.1, 0.15) is 77.6 Å². The van der Waals surface area contributed by atoms with E-state index < -0.39 is 0 Å². The Bertz CT molecular complexity index is 3440. The molecule has 334 valence electrons. The molecule has 0 saturated heterocycles. The van der Waals surface area contributed by atoms with Crippen LogP contribution in [-0.4, -0.2) is 4.57 Å². The molecule has 0 bridgehead atoms. The van der Waals surface area contributed by atoms with Crippen molar-refractivity contribution in [3.63, 3.8) is 0 Å². The second-order valence-corrected chi connectivity index (χ2v) is 21.2. The van der Waals surface area contributed by atoms with Gasteiger partial charge in [-0.05, 0) is 140 Å². The number of hydrogen-bond donors (Lipinski definition) is 0. The SMILES string of the molecule is CC(C)(C)c1ccc(N(c2ccc(-c3ccccc3)cc2)c2ccc3c(c2)c2cc(N(c4ccc(-c5ccccc5)cc4)c4ccc(C(C)(C)C)cc4)cc4c2n3-c2ccccc2C4(C)C)cc1. The molecule has 0 amide bonds. The Balaban J connectivity index is 1.15. The lowest BCUT2D eigenvalue weighted by atomic mass is 9.74. The normalized spacial score (nSPS) is 13.1. The topological polar surface area (TPSA) is 11.4 Å². The monoisotopic (exact) mass is 881 g/mol. The van der Waals surface area contributed by atoms with Gasteiger partial charge in [-0.1, -0.05) is 183 Å². The van der Waals surface area contributed by atoms with Gasteiger partial charge in [0.05, 0.1) is 16.7 Å². The molecule has 0 radical (unpaired) electrons. The Morgan fingerprint density at radius 2 is 0.750 bits per heavy atom. The Morgan fingerprint density at radius 1 is 0.353 bits per heavy atom. The number of benzene rings is 9. The van der Waals surface area contributed by atoms with Crippen molar-refractivity contribution in [2.75, 3.05) is 9.80 Å². The zero-order valence-corrected chi connectivity index (χ0v) is 40.5. The average Bonchev–Trinajstić information content (AvgIpc) is 3.68. The van der Waals surface area contributed by atoms with E-state index >= 15 is 0 Å². The van der Waals surface area contributed by atoms with Gasteiger partial charge in [-0.3, -0.25) is 0 Å². The highest BCUT2D eigenvalue weighted by molar-refractivity contribution is 6.14. The number of hydrogen-bond acceptors (Lipinski definition) is 2. The van der Waals surface area contributed by atoms with E-state index in [1.807, 2.05) is 0 Å².